The van der Waals surface area contributed by atoms with E-state index >= 15 is 0 Å². The number of rotatable bonds is 2. The summed E-state index contributed by atoms with van der Waals surface area (Å²) in [5.41, 5.74) is 0.242. The summed E-state index contributed by atoms with van der Waals surface area (Å²) < 4.78 is 0.688. The molecule has 1 N–H and O–H groups in total. The van der Waals surface area contributed by atoms with Gasteiger partial charge in [-0.1, -0.05) is 0 Å². The van der Waals surface area contributed by atoms with Crippen LogP contribution in [0.15, 0.2) is 18.2 Å². The van der Waals surface area contributed by atoms with Crippen LogP contribution in [-0.2, 0) is 0 Å². The normalized spacial score (nSPS) is 8.50. The number of carbonyl (C=O) groups excluding carboxylic acids is 1. The molecule has 0 aliphatic rings. The third kappa shape index (κ3) is 3.51. The Morgan fingerprint density at radius 3 is 2.50 bits per heavy atom. The highest BCUT2D eigenvalue weighted by Gasteiger charge is 2.13. The number of halogens is 1. The molecule has 0 fully saturated rings. The number of carbonyl (C=O) groups is 1. The zero-order valence-corrected chi connectivity index (χ0v) is 10.6. The zero-order valence-electron chi connectivity index (χ0n) is 8.44. The lowest BCUT2D eigenvalue weighted by Crippen LogP contribution is -2.19. The fraction of sp³-hybridized carbons (Fsp3) is 0.100. The van der Waals surface area contributed by atoms with Crippen molar-refractivity contribution < 1.29 is 9.72 Å². The molecule has 0 radical (unpaired) electrons. The molecule has 1 rings (SSSR count). The summed E-state index contributed by atoms with van der Waals surface area (Å²) in [6, 6.07) is 4.18. The molecule has 0 aliphatic carbocycles. The Labute approximate surface area is 107 Å². The molecule has 0 bridgehead atoms. The fourth-order valence-corrected chi connectivity index (χ4v) is 1.52. The molecule has 0 saturated heterocycles. The van der Waals surface area contributed by atoms with Gasteiger partial charge in [-0.05, 0) is 28.7 Å². The summed E-state index contributed by atoms with van der Waals surface area (Å²) in [5.74, 6) is -0.321. The van der Waals surface area contributed by atoms with Crippen molar-refractivity contribution in [2.75, 3.05) is 7.05 Å². The summed E-state index contributed by atoms with van der Waals surface area (Å²) >= 11 is 1.96. The van der Waals surface area contributed by atoms with Crippen LogP contribution in [0.3, 0.4) is 0 Å². The molecule has 0 heterocycles. The Hall–Kier alpha value is -1.62. The Morgan fingerprint density at radius 1 is 1.50 bits per heavy atom. The molecule has 0 atom stereocenters. The van der Waals surface area contributed by atoms with Gasteiger partial charge in [0.05, 0.1) is 10.5 Å². The fourth-order valence-electron chi connectivity index (χ4n) is 0.935. The lowest BCUT2D eigenvalue weighted by atomic mass is 10.2. The van der Waals surface area contributed by atoms with Crippen molar-refractivity contribution in [2.24, 2.45) is 0 Å². The topological polar surface area (TPSA) is 72.2 Å². The molecule has 5 nitrogen and oxygen atoms in total. The van der Waals surface area contributed by atoms with Gasteiger partial charge in [-0.2, -0.15) is 0 Å². The molecule has 1 aromatic rings. The Balaban J connectivity index is 0.00000106. The highest BCUT2D eigenvalue weighted by Crippen LogP contribution is 2.19. The Morgan fingerprint density at radius 2 is 2.06 bits per heavy atom. The number of amides is 1. The molecule has 0 aromatic heterocycles. The Bertz CT molecular complexity index is 429. The summed E-state index contributed by atoms with van der Waals surface area (Å²) in [5, 5.41) is 12.9. The molecular weight excluding hydrogens is 323 g/mol. The lowest BCUT2D eigenvalue weighted by Gasteiger charge is -2.01. The third-order valence-electron chi connectivity index (χ3n) is 1.63. The van der Waals surface area contributed by atoms with Gasteiger partial charge in [-0.25, -0.2) is 0 Å². The van der Waals surface area contributed by atoms with Gasteiger partial charge in [0.25, 0.3) is 11.6 Å². The molecule has 16 heavy (non-hydrogen) atoms. The third-order valence-corrected chi connectivity index (χ3v) is 2.57. The van der Waals surface area contributed by atoms with E-state index in [4.69, 9.17) is 0 Å². The van der Waals surface area contributed by atoms with E-state index in [1.54, 1.807) is 6.07 Å². The first-order valence-corrected chi connectivity index (χ1v) is 5.13. The van der Waals surface area contributed by atoms with Crippen molar-refractivity contribution in [2.45, 2.75) is 0 Å². The molecular formula is C10H9IN2O3. The van der Waals surface area contributed by atoms with Crippen molar-refractivity contribution in [1.29, 1.82) is 0 Å². The Kier molecular flexibility index (Phi) is 6.10. The van der Waals surface area contributed by atoms with Gasteiger partial charge in [0.1, 0.15) is 0 Å². The van der Waals surface area contributed by atoms with Gasteiger partial charge in [0, 0.05) is 22.8 Å². The van der Waals surface area contributed by atoms with Crippen LogP contribution in [0.4, 0.5) is 5.69 Å². The first-order chi connectivity index (χ1) is 7.56. The maximum absolute atomic E-state index is 11.3. The maximum Gasteiger partial charge on any atom is 0.270 e. The summed E-state index contributed by atoms with van der Waals surface area (Å²) in [7, 11) is 1.48. The number of nitrogens with zero attached hydrogens (tertiary/aromatic N) is 1. The summed E-state index contributed by atoms with van der Waals surface area (Å²) in [4.78, 5) is 21.2. The number of non-ortho nitro benzene ring substituents is 1. The van der Waals surface area contributed by atoms with E-state index in [9.17, 15) is 14.9 Å². The maximum atomic E-state index is 11.3. The van der Waals surface area contributed by atoms with Crippen LogP contribution < -0.4 is 5.32 Å². The van der Waals surface area contributed by atoms with Crippen LogP contribution in [0.1, 0.15) is 10.4 Å². The van der Waals surface area contributed by atoms with Gasteiger partial charge in [0.15, 0.2) is 0 Å². The minimum atomic E-state index is -0.525. The van der Waals surface area contributed by atoms with Crippen LogP contribution >= 0.6 is 22.6 Å². The van der Waals surface area contributed by atoms with Gasteiger partial charge < -0.3 is 5.32 Å². The number of nitro groups is 1. The minimum Gasteiger partial charge on any atom is -0.355 e. The molecule has 6 heteroatoms. The molecule has 84 valence electrons. The molecule has 0 saturated carbocycles. The zero-order chi connectivity index (χ0) is 12.7. The van der Waals surface area contributed by atoms with Crippen LogP contribution in [-0.4, -0.2) is 17.9 Å². The number of terminal acetylenes is 1. The highest BCUT2D eigenvalue weighted by atomic mass is 127. The standard InChI is InChI=1S/C8H7IN2O3.C2H2/c1-10-8(12)6-4-5(11(13)14)2-3-7(6)9;1-2/h2-4H,1H3,(H,10,12);1-2H. The highest BCUT2D eigenvalue weighted by molar-refractivity contribution is 14.1. The van der Waals surface area contributed by atoms with Crippen molar-refractivity contribution in [3.05, 3.63) is 37.4 Å². The second kappa shape index (κ2) is 6.79. The molecule has 0 unspecified atom stereocenters. The number of nitrogens with one attached hydrogen (secondary N) is 1. The first kappa shape index (κ1) is 14.4. The number of nitro benzene ring substituents is 1. The van der Waals surface area contributed by atoms with Gasteiger partial charge in [0.2, 0.25) is 0 Å². The smallest absolute Gasteiger partial charge is 0.270 e. The van der Waals surface area contributed by atoms with E-state index in [1.807, 2.05) is 22.6 Å². The number of hydrogen-bond acceptors (Lipinski definition) is 3. The molecule has 1 amide bonds. The van der Waals surface area contributed by atoms with Crippen LogP contribution in [0.5, 0.6) is 0 Å². The second-order valence-electron chi connectivity index (χ2n) is 2.50. The van der Waals surface area contributed by atoms with E-state index in [0.29, 0.717) is 9.13 Å². The van der Waals surface area contributed by atoms with Gasteiger partial charge in [-0.3, -0.25) is 14.9 Å². The quantitative estimate of drug-likeness (QED) is 0.389. The van der Waals surface area contributed by atoms with E-state index in [-0.39, 0.29) is 11.6 Å². The SMILES string of the molecule is C#C.CNC(=O)c1cc([N+](=O)[O-])ccc1I. The average Bonchev–Trinajstić information content (AvgIpc) is 2.31. The minimum absolute atomic E-state index is 0.0796. The van der Waals surface area contributed by atoms with Gasteiger partial charge >= 0.3 is 0 Å². The van der Waals surface area contributed by atoms with E-state index in [1.165, 1.54) is 19.2 Å². The van der Waals surface area contributed by atoms with Crippen molar-refractivity contribution in [3.8, 4) is 12.8 Å². The number of hydrogen-bond donors (Lipinski definition) is 1. The van der Waals surface area contributed by atoms with Crippen LogP contribution in [0.25, 0.3) is 0 Å². The summed E-state index contributed by atoms with van der Waals surface area (Å²) in [6.07, 6.45) is 8.00. The van der Waals surface area contributed by atoms with E-state index in [2.05, 4.69) is 18.2 Å². The van der Waals surface area contributed by atoms with Gasteiger partial charge in [-0.15, -0.1) is 12.8 Å². The van der Waals surface area contributed by atoms with Crippen molar-refractivity contribution in [3.63, 3.8) is 0 Å². The second-order valence-corrected chi connectivity index (χ2v) is 3.66. The molecule has 0 aliphatic heterocycles. The van der Waals surface area contributed by atoms with E-state index < -0.39 is 4.92 Å². The molecule has 0 spiro atoms. The monoisotopic (exact) mass is 332 g/mol. The first-order valence-electron chi connectivity index (χ1n) is 4.05. The van der Waals surface area contributed by atoms with Crippen LogP contribution in [0.2, 0.25) is 0 Å². The molecule has 1 aromatic carbocycles. The predicted molar refractivity (Wildman–Crippen MR) is 69.1 cm³/mol. The average molecular weight is 332 g/mol. The van der Waals surface area contributed by atoms with Crippen LogP contribution in [0, 0.1) is 26.5 Å². The lowest BCUT2D eigenvalue weighted by molar-refractivity contribution is -0.384. The summed E-state index contributed by atoms with van der Waals surface area (Å²) in [6.45, 7) is 0. The van der Waals surface area contributed by atoms with Crippen molar-refractivity contribution >= 4 is 34.2 Å². The largest absolute Gasteiger partial charge is 0.355 e. The van der Waals surface area contributed by atoms with Crippen molar-refractivity contribution in [1.82, 2.24) is 5.32 Å². The number of benzene rings is 1. The van der Waals surface area contributed by atoms with E-state index in [0.717, 1.165) is 0 Å². The predicted octanol–water partition coefficient (Wildman–Crippen LogP) is 1.81.